The van der Waals surface area contributed by atoms with E-state index >= 15 is 0 Å². The topological polar surface area (TPSA) is 38.7 Å². The molecule has 0 unspecified atom stereocenters. The third-order valence-electron chi connectivity index (χ3n) is 1.82. The molecule has 0 bridgehead atoms. The highest BCUT2D eigenvalue weighted by molar-refractivity contribution is 5.76. The van der Waals surface area contributed by atoms with Crippen LogP contribution in [0.5, 0.6) is 0 Å². The lowest BCUT2D eigenvalue weighted by Gasteiger charge is -1.97. The standard InChI is InChI=1S/C9H9N3/c1-2-8-4-3-7-5-10-11-6-9(7)12-8/h3-6H,2H2,1H3. The van der Waals surface area contributed by atoms with Crippen molar-refractivity contribution in [3.63, 3.8) is 0 Å². The number of hydrogen-bond acceptors (Lipinski definition) is 3. The average molecular weight is 159 g/mol. The van der Waals surface area contributed by atoms with Gasteiger partial charge in [0.25, 0.3) is 0 Å². The van der Waals surface area contributed by atoms with Crippen molar-refractivity contribution in [2.75, 3.05) is 0 Å². The zero-order valence-electron chi connectivity index (χ0n) is 6.86. The van der Waals surface area contributed by atoms with Crippen molar-refractivity contribution in [1.29, 1.82) is 0 Å². The van der Waals surface area contributed by atoms with Crippen LogP contribution in [0.15, 0.2) is 24.5 Å². The Hall–Kier alpha value is -1.51. The van der Waals surface area contributed by atoms with Crippen molar-refractivity contribution in [2.24, 2.45) is 0 Å². The molecule has 2 rings (SSSR count). The maximum atomic E-state index is 4.39. The molecule has 60 valence electrons. The van der Waals surface area contributed by atoms with Gasteiger partial charge < -0.3 is 0 Å². The third kappa shape index (κ3) is 1.13. The first-order valence-corrected chi connectivity index (χ1v) is 3.96. The second-order valence-electron chi connectivity index (χ2n) is 2.62. The van der Waals surface area contributed by atoms with Gasteiger partial charge in [-0.25, -0.2) is 0 Å². The first-order valence-electron chi connectivity index (χ1n) is 3.96. The number of hydrogen-bond donors (Lipinski definition) is 0. The Kier molecular flexibility index (Phi) is 1.70. The maximum absolute atomic E-state index is 4.39. The minimum absolute atomic E-state index is 0.921. The predicted molar refractivity (Wildman–Crippen MR) is 46.7 cm³/mol. The number of pyridine rings is 1. The fourth-order valence-electron chi connectivity index (χ4n) is 1.12. The fourth-order valence-corrected chi connectivity index (χ4v) is 1.12. The normalized spacial score (nSPS) is 10.4. The maximum Gasteiger partial charge on any atom is 0.0922 e. The molecule has 0 aliphatic heterocycles. The summed E-state index contributed by atoms with van der Waals surface area (Å²) in [5.41, 5.74) is 2.01. The zero-order chi connectivity index (χ0) is 8.39. The molecular formula is C9H9N3. The van der Waals surface area contributed by atoms with Crippen molar-refractivity contribution < 1.29 is 0 Å². The van der Waals surface area contributed by atoms with Crippen LogP contribution in [0.1, 0.15) is 12.6 Å². The molecule has 0 N–H and O–H groups in total. The van der Waals surface area contributed by atoms with Gasteiger partial charge in [-0.05, 0) is 18.6 Å². The highest BCUT2D eigenvalue weighted by Crippen LogP contribution is 2.08. The van der Waals surface area contributed by atoms with Gasteiger partial charge in [0.1, 0.15) is 0 Å². The Morgan fingerprint density at radius 2 is 2.00 bits per heavy atom. The van der Waals surface area contributed by atoms with Crippen LogP contribution in [0.25, 0.3) is 10.9 Å². The van der Waals surface area contributed by atoms with Crippen LogP contribution in [0.3, 0.4) is 0 Å². The second kappa shape index (κ2) is 2.85. The Bertz CT molecular complexity index is 398. The van der Waals surface area contributed by atoms with Gasteiger partial charge in [-0.15, -0.1) is 0 Å². The quantitative estimate of drug-likeness (QED) is 0.634. The molecule has 0 radical (unpaired) electrons. The molecule has 0 atom stereocenters. The molecule has 3 nitrogen and oxygen atoms in total. The van der Waals surface area contributed by atoms with Crippen LogP contribution in [-0.4, -0.2) is 15.2 Å². The van der Waals surface area contributed by atoms with Crippen LogP contribution in [-0.2, 0) is 6.42 Å². The lowest BCUT2D eigenvalue weighted by Crippen LogP contribution is -1.89. The summed E-state index contributed by atoms with van der Waals surface area (Å²) in [5.74, 6) is 0. The molecule has 0 aliphatic rings. The Morgan fingerprint density at radius 3 is 2.83 bits per heavy atom. The van der Waals surface area contributed by atoms with Gasteiger partial charge in [-0.3, -0.25) is 4.98 Å². The van der Waals surface area contributed by atoms with E-state index in [0.717, 1.165) is 23.0 Å². The van der Waals surface area contributed by atoms with E-state index in [1.54, 1.807) is 12.4 Å². The van der Waals surface area contributed by atoms with E-state index in [0.29, 0.717) is 0 Å². The van der Waals surface area contributed by atoms with Gasteiger partial charge in [0, 0.05) is 11.1 Å². The van der Waals surface area contributed by atoms with Crippen LogP contribution in [0.2, 0.25) is 0 Å². The second-order valence-corrected chi connectivity index (χ2v) is 2.62. The van der Waals surface area contributed by atoms with Gasteiger partial charge in [-0.1, -0.05) is 6.92 Å². The molecule has 2 heterocycles. The van der Waals surface area contributed by atoms with E-state index in [-0.39, 0.29) is 0 Å². The molecule has 12 heavy (non-hydrogen) atoms. The molecule has 0 saturated heterocycles. The molecule has 0 aromatic carbocycles. The number of rotatable bonds is 1. The largest absolute Gasteiger partial charge is 0.251 e. The van der Waals surface area contributed by atoms with E-state index in [4.69, 9.17) is 0 Å². The molecule has 2 aromatic heterocycles. The molecule has 0 aliphatic carbocycles. The third-order valence-corrected chi connectivity index (χ3v) is 1.82. The van der Waals surface area contributed by atoms with Gasteiger partial charge >= 0.3 is 0 Å². The van der Waals surface area contributed by atoms with Crippen LogP contribution in [0.4, 0.5) is 0 Å². The average Bonchev–Trinajstić information content (AvgIpc) is 2.17. The Balaban J connectivity index is 2.67. The fraction of sp³-hybridized carbons (Fsp3) is 0.222. The number of aromatic nitrogens is 3. The summed E-state index contributed by atoms with van der Waals surface area (Å²) in [4.78, 5) is 4.39. The number of fused-ring (bicyclic) bond motifs is 1. The highest BCUT2D eigenvalue weighted by atomic mass is 15.1. The van der Waals surface area contributed by atoms with Gasteiger partial charge in [-0.2, -0.15) is 10.2 Å². The summed E-state index contributed by atoms with van der Waals surface area (Å²) < 4.78 is 0. The smallest absolute Gasteiger partial charge is 0.0922 e. The molecule has 0 fully saturated rings. The number of nitrogens with zero attached hydrogens (tertiary/aromatic N) is 3. The van der Waals surface area contributed by atoms with Crippen molar-refractivity contribution in [1.82, 2.24) is 15.2 Å². The van der Waals surface area contributed by atoms with Gasteiger partial charge in [0.15, 0.2) is 0 Å². The summed E-state index contributed by atoms with van der Waals surface area (Å²) >= 11 is 0. The first-order chi connectivity index (χ1) is 5.90. The van der Waals surface area contributed by atoms with Crippen LogP contribution < -0.4 is 0 Å². The lowest BCUT2D eigenvalue weighted by atomic mass is 10.2. The lowest BCUT2D eigenvalue weighted by molar-refractivity contribution is 1.02. The molecule has 2 aromatic rings. The van der Waals surface area contributed by atoms with E-state index in [9.17, 15) is 0 Å². The van der Waals surface area contributed by atoms with Crippen molar-refractivity contribution in [3.8, 4) is 0 Å². The Morgan fingerprint density at radius 1 is 1.17 bits per heavy atom. The van der Waals surface area contributed by atoms with E-state index in [1.807, 2.05) is 12.1 Å². The predicted octanol–water partition coefficient (Wildman–Crippen LogP) is 1.59. The minimum atomic E-state index is 0.921. The van der Waals surface area contributed by atoms with Crippen LogP contribution in [0, 0.1) is 0 Å². The molecule has 0 saturated carbocycles. The van der Waals surface area contributed by atoms with Crippen molar-refractivity contribution >= 4 is 10.9 Å². The minimum Gasteiger partial charge on any atom is -0.251 e. The van der Waals surface area contributed by atoms with Gasteiger partial charge in [0.05, 0.1) is 17.9 Å². The zero-order valence-corrected chi connectivity index (χ0v) is 6.86. The SMILES string of the molecule is CCc1ccc2cnncc2n1. The first kappa shape index (κ1) is 7.16. The summed E-state index contributed by atoms with van der Waals surface area (Å²) in [5, 5.41) is 8.60. The Labute approximate surface area is 70.5 Å². The van der Waals surface area contributed by atoms with E-state index < -0.39 is 0 Å². The molecular weight excluding hydrogens is 150 g/mol. The summed E-state index contributed by atoms with van der Waals surface area (Å²) in [6.07, 6.45) is 4.37. The number of aryl methyl sites for hydroxylation is 1. The van der Waals surface area contributed by atoms with E-state index in [1.165, 1.54) is 0 Å². The van der Waals surface area contributed by atoms with Crippen molar-refractivity contribution in [2.45, 2.75) is 13.3 Å². The molecule has 3 heteroatoms. The molecule has 0 spiro atoms. The van der Waals surface area contributed by atoms with Gasteiger partial charge in [0.2, 0.25) is 0 Å². The summed E-state index contributed by atoms with van der Waals surface area (Å²) in [6.45, 7) is 2.09. The summed E-state index contributed by atoms with van der Waals surface area (Å²) in [6, 6.07) is 4.04. The summed E-state index contributed by atoms with van der Waals surface area (Å²) in [7, 11) is 0. The van der Waals surface area contributed by atoms with Crippen LogP contribution >= 0.6 is 0 Å². The monoisotopic (exact) mass is 159 g/mol. The highest BCUT2D eigenvalue weighted by Gasteiger charge is 1.95. The van der Waals surface area contributed by atoms with Crippen molar-refractivity contribution in [3.05, 3.63) is 30.2 Å². The van der Waals surface area contributed by atoms with E-state index in [2.05, 4.69) is 22.1 Å². The molecule has 0 amide bonds.